The number of benzene rings is 1. The van der Waals surface area contributed by atoms with Crippen molar-refractivity contribution >= 4 is 29.3 Å². The molecule has 2 amide bonds. The summed E-state index contributed by atoms with van der Waals surface area (Å²) in [5.41, 5.74) is 0.297. The molecule has 3 heterocycles. The number of rotatable bonds is 2. The van der Waals surface area contributed by atoms with Crippen LogP contribution in [0.3, 0.4) is 0 Å². The highest BCUT2D eigenvalue weighted by Crippen LogP contribution is 2.48. The smallest absolute Gasteiger partial charge is 0.409 e. The van der Waals surface area contributed by atoms with Crippen molar-refractivity contribution in [3.8, 4) is 5.75 Å². The van der Waals surface area contributed by atoms with Crippen LogP contribution >= 0.6 is 11.6 Å². The van der Waals surface area contributed by atoms with Gasteiger partial charge >= 0.3 is 6.09 Å². The van der Waals surface area contributed by atoms with Crippen LogP contribution < -0.4 is 15.0 Å². The predicted octanol–water partition coefficient (Wildman–Crippen LogP) is 4.15. The Labute approximate surface area is 228 Å². The maximum absolute atomic E-state index is 13.2. The second-order valence-corrected chi connectivity index (χ2v) is 11.1. The Morgan fingerprint density at radius 3 is 2.68 bits per heavy atom. The van der Waals surface area contributed by atoms with Gasteiger partial charge in [0, 0.05) is 32.9 Å². The highest BCUT2D eigenvalue weighted by molar-refractivity contribution is 6.35. The summed E-state index contributed by atoms with van der Waals surface area (Å²) in [6.45, 7) is 5.85. The molecule has 2 unspecified atom stereocenters. The van der Waals surface area contributed by atoms with E-state index in [1.54, 1.807) is 31.2 Å². The first-order chi connectivity index (χ1) is 17.9. The number of halogens is 1. The number of carbonyl (C=O) groups is 2. The van der Waals surface area contributed by atoms with Gasteiger partial charge in [-0.15, -0.1) is 0 Å². The van der Waals surface area contributed by atoms with Crippen molar-refractivity contribution in [2.45, 2.75) is 76.1 Å². The lowest BCUT2D eigenvalue weighted by molar-refractivity contribution is -0.142. The average molecular weight is 549 g/mol. The Kier molecular flexibility index (Phi) is 8.14. The molecule has 2 N–H and O–H groups in total. The van der Waals surface area contributed by atoms with E-state index < -0.39 is 29.6 Å². The number of carbonyl (C=O) groups excluding carboxylic acids is 2. The minimum Gasteiger partial charge on any atom is -0.495 e. The molecule has 4 bridgehead atoms. The van der Waals surface area contributed by atoms with Gasteiger partial charge in [0.25, 0.3) is 0 Å². The van der Waals surface area contributed by atoms with E-state index in [2.05, 4.69) is 5.32 Å². The Morgan fingerprint density at radius 1 is 1.26 bits per heavy atom. The number of nitrogens with one attached hydrogen (secondary N) is 1. The van der Waals surface area contributed by atoms with Crippen molar-refractivity contribution in [1.29, 1.82) is 0 Å². The van der Waals surface area contributed by atoms with Crippen molar-refractivity contribution in [3.05, 3.63) is 46.5 Å². The maximum atomic E-state index is 13.2. The van der Waals surface area contributed by atoms with Gasteiger partial charge in [-0.2, -0.15) is 0 Å². The van der Waals surface area contributed by atoms with Crippen LogP contribution in [0.1, 0.15) is 45.6 Å². The number of fused-ring (bicyclic) bond motifs is 5. The Bertz CT molecular complexity index is 1150. The van der Waals surface area contributed by atoms with E-state index in [4.69, 9.17) is 30.5 Å². The molecule has 0 saturated carbocycles. The Morgan fingerprint density at radius 2 is 2.00 bits per heavy atom. The molecule has 0 radical (unpaired) electrons. The van der Waals surface area contributed by atoms with Crippen LogP contribution in [0, 0.1) is 5.92 Å². The highest BCUT2D eigenvalue weighted by atomic mass is 35.5. The Hall–Kier alpha value is -2.59. The van der Waals surface area contributed by atoms with Crippen LogP contribution in [0.5, 0.6) is 5.75 Å². The lowest BCUT2D eigenvalue weighted by atomic mass is 9.84. The van der Waals surface area contributed by atoms with Gasteiger partial charge in [0.1, 0.15) is 23.0 Å². The second kappa shape index (κ2) is 10.9. The number of hydrogen-bond donors (Lipinski definition) is 2. The van der Waals surface area contributed by atoms with Gasteiger partial charge < -0.3 is 29.0 Å². The molecule has 3 aliphatic heterocycles. The number of nitrogens with zero attached hydrogens (tertiary/aromatic N) is 1. The number of aliphatic hydroxyl groups is 1. The van der Waals surface area contributed by atoms with E-state index >= 15 is 0 Å². The molecule has 2 saturated heterocycles. The van der Waals surface area contributed by atoms with Crippen molar-refractivity contribution in [3.63, 3.8) is 0 Å². The number of ether oxygens (including phenoxy) is 4. The SMILES string of the molecule is COc1cc2cc(c1Cl)N(C)C(=O)CC[C@]1(C)OC1[C@H](C)C1C[C@@](O)(NC(=O)O1)[C@H](OC)/C=C/C=C(\C)C2. The largest absolute Gasteiger partial charge is 0.495 e. The van der Waals surface area contributed by atoms with Crippen LogP contribution in [-0.4, -0.2) is 68.0 Å². The zero-order valence-electron chi connectivity index (χ0n) is 22.7. The zero-order chi connectivity index (χ0) is 27.8. The van der Waals surface area contributed by atoms with Crippen LogP contribution in [-0.2, 0) is 25.4 Å². The van der Waals surface area contributed by atoms with Gasteiger partial charge in [-0.1, -0.05) is 42.3 Å². The number of alkyl carbamates (subject to hydrolysis) is 1. The van der Waals surface area contributed by atoms with Crippen LogP contribution in [0.15, 0.2) is 35.9 Å². The van der Waals surface area contributed by atoms with Crippen molar-refractivity contribution < 1.29 is 33.6 Å². The number of anilines is 1. The number of allylic oxidation sites excluding steroid dienone is 3. The third-order valence-corrected chi connectivity index (χ3v) is 8.22. The monoisotopic (exact) mass is 548 g/mol. The second-order valence-electron chi connectivity index (χ2n) is 10.7. The molecule has 38 heavy (non-hydrogen) atoms. The van der Waals surface area contributed by atoms with Crippen molar-refractivity contribution in [2.24, 2.45) is 5.92 Å². The third-order valence-electron chi connectivity index (χ3n) is 7.84. The van der Waals surface area contributed by atoms with Crippen LogP contribution in [0.25, 0.3) is 0 Å². The summed E-state index contributed by atoms with van der Waals surface area (Å²) in [5.74, 6) is 0.170. The van der Waals surface area contributed by atoms with Gasteiger partial charge in [-0.3, -0.25) is 10.1 Å². The van der Waals surface area contributed by atoms with Crippen LogP contribution in [0.4, 0.5) is 10.5 Å². The number of amides is 2. The lowest BCUT2D eigenvalue weighted by Crippen LogP contribution is -2.63. The summed E-state index contributed by atoms with van der Waals surface area (Å²) in [6, 6.07) is 3.76. The fraction of sp³-hybridized carbons (Fsp3) is 0.571. The molecule has 0 aromatic heterocycles. The van der Waals surface area contributed by atoms with Gasteiger partial charge in [0.2, 0.25) is 5.91 Å². The maximum Gasteiger partial charge on any atom is 0.409 e. The molecular weight excluding hydrogens is 512 g/mol. The quantitative estimate of drug-likeness (QED) is 0.534. The summed E-state index contributed by atoms with van der Waals surface area (Å²) in [7, 11) is 4.73. The first-order valence-electron chi connectivity index (χ1n) is 12.8. The van der Waals surface area contributed by atoms with Crippen molar-refractivity contribution in [1.82, 2.24) is 5.32 Å². The first kappa shape index (κ1) is 28.4. The predicted molar refractivity (Wildman–Crippen MR) is 143 cm³/mol. The Balaban J connectivity index is 1.71. The first-order valence-corrected chi connectivity index (χ1v) is 13.2. The molecule has 9 nitrogen and oxygen atoms in total. The minimum atomic E-state index is -1.66. The van der Waals surface area contributed by atoms with E-state index in [0.29, 0.717) is 29.3 Å². The molecule has 3 aliphatic rings. The molecule has 4 rings (SSSR count). The standard InChI is InChI=1S/C28H37ClN2O7/c1-16-8-7-9-22(36-6)28(34)15-21(37-26(33)30-28)17(2)25-27(3,38-25)11-10-23(32)31(4)19-13-18(12-16)14-20(35-5)24(19)29/h7-9,13-14,17,21-22,25,34H,10-12,15H2,1-6H3,(H,30,33)/b9-7+,16-8+/t17-,21?,22-,25?,27+,28+/m1/s1. The summed E-state index contributed by atoms with van der Waals surface area (Å²) in [6.07, 6.45) is 4.46. The van der Waals surface area contributed by atoms with E-state index in [-0.39, 0.29) is 30.8 Å². The van der Waals surface area contributed by atoms with Gasteiger partial charge in [0.15, 0.2) is 5.72 Å². The number of epoxide rings is 1. The molecule has 208 valence electrons. The van der Waals surface area contributed by atoms with Crippen molar-refractivity contribution in [2.75, 3.05) is 26.2 Å². The summed E-state index contributed by atoms with van der Waals surface area (Å²) in [5, 5.41) is 14.3. The van der Waals surface area contributed by atoms with E-state index in [9.17, 15) is 14.7 Å². The summed E-state index contributed by atoms with van der Waals surface area (Å²) < 4.78 is 22.7. The normalized spacial score (nSPS) is 36.3. The lowest BCUT2D eigenvalue weighted by Gasteiger charge is -2.42. The molecule has 10 heteroatoms. The number of methoxy groups -OCH3 is 2. The van der Waals surface area contributed by atoms with Gasteiger partial charge in [-0.25, -0.2) is 4.79 Å². The highest BCUT2D eigenvalue weighted by Gasteiger charge is 2.58. The molecule has 2 fully saturated rings. The third kappa shape index (κ3) is 5.71. The fourth-order valence-electron chi connectivity index (χ4n) is 5.46. The molecule has 1 aromatic carbocycles. The molecule has 1 aromatic rings. The van der Waals surface area contributed by atoms with Crippen LogP contribution in [0.2, 0.25) is 5.02 Å². The molecule has 0 spiro atoms. The fourth-order valence-corrected chi connectivity index (χ4v) is 5.78. The van der Waals surface area contributed by atoms with Gasteiger partial charge in [0.05, 0.1) is 24.5 Å². The average Bonchev–Trinajstić information content (AvgIpc) is 3.55. The topological polar surface area (TPSA) is 110 Å². The summed E-state index contributed by atoms with van der Waals surface area (Å²) in [4.78, 5) is 27.2. The van der Waals surface area contributed by atoms with E-state index in [1.165, 1.54) is 7.11 Å². The zero-order valence-corrected chi connectivity index (χ0v) is 23.5. The molecular formula is C28H37ClN2O7. The molecule has 0 aliphatic carbocycles. The molecule has 6 atom stereocenters. The van der Waals surface area contributed by atoms with Gasteiger partial charge in [-0.05, 0) is 44.4 Å². The summed E-state index contributed by atoms with van der Waals surface area (Å²) >= 11 is 6.61. The number of hydrogen-bond acceptors (Lipinski definition) is 7. The minimum absolute atomic E-state index is 0.104. The van der Waals surface area contributed by atoms with E-state index in [1.807, 2.05) is 39.0 Å². The van der Waals surface area contributed by atoms with E-state index in [0.717, 1.165) is 11.1 Å².